The fourth-order valence-corrected chi connectivity index (χ4v) is 4.65. The predicted octanol–water partition coefficient (Wildman–Crippen LogP) is 6.31. The van der Waals surface area contributed by atoms with Gasteiger partial charge < -0.3 is 15.4 Å². The van der Waals surface area contributed by atoms with Crippen molar-refractivity contribution in [1.29, 1.82) is 0 Å². The number of hydroxylamine groups is 1. The van der Waals surface area contributed by atoms with Crippen molar-refractivity contribution in [2.24, 2.45) is 11.3 Å². The third-order valence-corrected chi connectivity index (χ3v) is 6.66. The number of hydrogen-bond acceptors (Lipinski definition) is 4. The number of para-hydroxylation sites is 1. The third-order valence-electron chi connectivity index (χ3n) is 6.09. The van der Waals surface area contributed by atoms with Gasteiger partial charge in [-0.2, -0.15) is 0 Å². The van der Waals surface area contributed by atoms with Gasteiger partial charge in [0.05, 0.1) is 11.0 Å². The average molecular weight is 474 g/mol. The molecule has 1 aliphatic heterocycles. The molecule has 33 heavy (non-hydrogen) atoms. The second kappa shape index (κ2) is 13.6. The first-order valence-corrected chi connectivity index (χ1v) is 12.4. The van der Waals surface area contributed by atoms with E-state index in [1.54, 1.807) is 12.1 Å². The van der Waals surface area contributed by atoms with Gasteiger partial charge in [0, 0.05) is 31.2 Å². The van der Waals surface area contributed by atoms with Crippen LogP contribution in [0.15, 0.2) is 54.6 Å². The molecule has 1 fully saturated rings. The Kier molecular flexibility index (Phi) is 11.2. The first-order chi connectivity index (χ1) is 15.8. The molecule has 3 rings (SSSR count). The minimum Gasteiger partial charge on any atom is -0.383 e. The van der Waals surface area contributed by atoms with Crippen LogP contribution in [0.3, 0.4) is 0 Å². The number of thiocarbonyl (C=S) groups is 1. The molecule has 3 N–H and O–H groups in total. The molecule has 2 aromatic rings. The van der Waals surface area contributed by atoms with E-state index >= 15 is 0 Å². The van der Waals surface area contributed by atoms with Crippen LogP contribution in [0.25, 0.3) is 0 Å². The molecule has 182 valence electrons. The van der Waals surface area contributed by atoms with Crippen LogP contribution in [-0.2, 0) is 6.42 Å². The highest BCUT2D eigenvalue weighted by Gasteiger charge is 2.37. The van der Waals surface area contributed by atoms with E-state index in [4.69, 9.17) is 17.4 Å². The van der Waals surface area contributed by atoms with Gasteiger partial charge in [-0.3, -0.25) is 0 Å². The van der Waals surface area contributed by atoms with E-state index in [2.05, 4.69) is 55.3 Å². The number of halogens is 1. The summed E-state index contributed by atoms with van der Waals surface area (Å²) in [6.07, 6.45) is 4.32. The number of aryl methyl sites for hydroxylation is 1. The maximum Gasteiger partial charge on any atom is 0.123 e. The summed E-state index contributed by atoms with van der Waals surface area (Å²) in [5.41, 5.74) is 4.42. The molecular formula is C27H40FN3OS. The van der Waals surface area contributed by atoms with E-state index < -0.39 is 0 Å². The zero-order chi connectivity index (χ0) is 24.3. The monoisotopic (exact) mass is 473 g/mol. The SMILES string of the molecule is CC(C)(C)C(CNc1ccccc1)N1CCC(CCCc2ccc(F)cc2)C1=S.CCNO. The van der Waals surface area contributed by atoms with Gasteiger partial charge >= 0.3 is 0 Å². The van der Waals surface area contributed by atoms with Gasteiger partial charge in [-0.1, -0.05) is 70.2 Å². The lowest BCUT2D eigenvalue weighted by atomic mass is 9.85. The fraction of sp³-hybridized carbons (Fsp3) is 0.519. The summed E-state index contributed by atoms with van der Waals surface area (Å²) in [6, 6.07) is 17.6. The van der Waals surface area contributed by atoms with Crippen LogP contribution in [-0.4, -0.2) is 40.8 Å². The molecule has 0 radical (unpaired) electrons. The molecule has 0 spiro atoms. The van der Waals surface area contributed by atoms with Gasteiger partial charge in [0.1, 0.15) is 5.82 Å². The maximum absolute atomic E-state index is 13.1. The van der Waals surface area contributed by atoms with Gasteiger partial charge in [-0.05, 0) is 60.9 Å². The smallest absolute Gasteiger partial charge is 0.123 e. The molecule has 2 unspecified atom stereocenters. The van der Waals surface area contributed by atoms with E-state index in [0.717, 1.165) is 49.4 Å². The van der Waals surface area contributed by atoms with Crippen molar-refractivity contribution in [3.05, 3.63) is 66.0 Å². The van der Waals surface area contributed by atoms with Crippen LogP contribution in [0.2, 0.25) is 0 Å². The molecule has 4 nitrogen and oxygen atoms in total. The van der Waals surface area contributed by atoms with E-state index in [-0.39, 0.29) is 11.2 Å². The van der Waals surface area contributed by atoms with Crippen LogP contribution in [0.4, 0.5) is 10.1 Å². The number of nitrogens with zero attached hydrogens (tertiary/aromatic N) is 1. The Morgan fingerprint density at radius 2 is 1.76 bits per heavy atom. The summed E-state index contributed by atoms with van der Waals surface area (Å²) in [6.45, 7) is 11.3. The molecule has 1 heterocycles. The topological polar surface area (TPSA) is 47.5 Å². The van der Waals surface area contributed by atoms with E-state index in [1.165, 1.54) is 5.56 Å². The molecule has 6 heteroatoms. The molecule has 1 saturated heterocycles. The Balaban J connectivity index is 0.000000890. The average Bonchev–Trinajstić information content (AvgIpc) is 3.15. The number of likely N-dealkylation sites (tertiary alicyclic amines) is 1. The molecule has 2 aromatic carbocycles. The largest absolute Gasteiger partial charge is 0.383 e. The minimum absolute atomic E-state index is 0.134. The second-order valence-corrected chi connectivity index (χ2v) is 10.1. The number of rotatable bonds is 9. The van der Waals surface area contributed by atoms with Crippen molar-refractivity contribution in [1.82, 2.24) is 10.4 Å². The Hall–Kier alpha value is -2.02. The number of anilines is 1. The molecular weight excluding hydrogens is 433 g/mol. The van der Waals surface area contributed by atoms with Crippen molar-refractivity contribution in [3.63, 3.8) is 0 Å². The van der Waals surface area contributed by atoms with Gasteiger partial charge in [-0.15, -0.1) is 0 Å². The summed E-state index contributed by atoms with van der Waals surface area (Å²) in [4.78, 5) is 3.59. The first kappa shape index (κ1) is 27.2. The van der Waals surface area contributed by atoms with Crippen molar-refractivity contribution >= 4 is 22.9 Å². The number of hydrogen-bond donors (Lipinski definition) is 3. The van der Waals surface area contributed by atoms with Crippen molar-refractivity contribution in [2.75, 3.05) is 25.0 Å². The maximum atomic E-state index is 13.1. The number of benzene rings is 2. The summed E-state index contributed by atoms with van der Waals surface area (Å²) >= 11 is 5.93. The summed E-state index contributed by atoms with van der Waals surface area (Å²) in [5, 5.41) is 11.2. The highest BCUT2D eigenvalue weighted by Crippen LogP contribution is 2.33. The Labute approximate surface area is 204 Å². The van der Waals surface area contributed by atoms with Crippen molar-refractivity contribution in [3.8, 4) is 0 Å². The van der Waals surface area contributed by atoms with Gasteiger partial charge in [0.15, 0.2) is 0 Å². The van der Waals surface area contributed by atoms with Crippen LogP contribution in [0.1, 0.15) is 52.5 Å². The van der Waals surface area contributed by atoms with Crippen LogP contribution in [0.5, 0.6) is 0 Å². The number of nitrogens with one attached hydrogen (secondary N) is 2. The minimum atomic E-state index is -0.168. The van der Waals surface area contributed by atoms with Crippen LogP contribution < -0.4 is 10.8 Å². The Bertz CT molecular complexity index is 822. The van der Waals surface area contributed by atoms with Crippen LogP contribution in [0, 0.1) is 17.2 Å². The summed E-state index contributed by atoms with van der Waals surface area (Å²) < 4.78 is 13.1. The molecule has 0 saturated carbocycles. The molecule has 2 atom stereocenters. The molecule has 0 aromatic heterocycles. The zero-order valence-electron chi connectivity index (χ0n) is 20.5. The quantitative estimate of drug-likeness (QED) is 0.294. The van der Waals surface area contributed by atoms with E-state index in [9.17, 15) is 4.39 Å². The molecule has 0 aliphatic carbocycles. The highest BCUT2D eigenvalue weighted by atomic mass is 32.1. The lowest BCUT2D eigenvalue weighted by Crippen LogP contribution is -2.49. The van der Waals surface area contributed by atoms with Gasteiger partial charge in [0.2, 0.25) is 0 Å². The highest BCUT2D eigenvalue weighted by molar-refractivity contribution is 7.80. The van der Waals surface area contributed by atoms with Crippen molar-refractivity contribution in [2.45, 2.75) is 59.4 Å². The standard InChI is InChI=1S/C25H33FN2S.C2H7NO/c1-25(2,3)23(18-27-22-10-5-4-6-11-22)28-17-16-20(24(28)29)9-7-8-19-12-14-21(26)15-13-19;1-2-3-4/h4-6,10-15,20,23,27H,7-9,16-18H2,1-3H3;3-4H,2H2,1H3. The fourth-order valence-electron chi connectivity index (χ4n) is 4.20. The Morgan fingerprint density at radius 3 is 2.33 bits per heavy atom. The molecule has 1 aliphatic rings. The first-order valence-electron chi connectivity index (χ1n) is 12.0. The normalized spacial score (nSPS) is 16.8. The summed E-state index contributed by atoms with van der Waals surface area (Å²) in [7, 11) is 0. The lowest BCUT2D eigenvalue weighted by molar-refractivity contribution is 0.173. The lowest BCUT2D eigenvalue weighted by Gasteiger charge is -2.40. The van der Waals surface area contributed by atoms with Gasteiger partial charge in [-0.25, -0.2) is 9.87 Å². The van der Waals surface area contributed by atoms with E-state index in [0.29, 0.717) is 18.5 Å². The van der Waals surface area contributed by atoms with E-state index in [1.807, 2.05) is 30.6 Å². The second-order valence-electron chi connectivity index (χ2n) is 9.68. The Morgan fingerprint density at radius 1 is 1.12 bits per heavy atom. The predicted molar refractivity (Wildman–Crippen MR) is 140 cm³/mol. The van der Waals surface area contributed by atoms with Gasteiger partial charge in [0.25, 0.3) is 0 Å². The molecule has 0 amide bonds. The third kappa shape index (κ3) is 9.03. The zero-order valence-corrected chi connectivity index (χ0v) is 21.3. The van der Waals surface area contributed by atoms with Crippen molar-refractivity contribution < 1.29 is 9.60 Å². The molecule has 0 bridgehead atoms. The summed E-state index contributed by atoms with van der Waals surface area (Å²) in [5.74, 6) is 0.311. The van der Waals surface area contributed by atoms with Crippen LogP contribution >= 0.6 is 12.2 Å².